The van der Waals surface area contributed by atoms with Crippen molar-refractivity contribution in [1.82, 2.24) is 10.2 Å². The van der Waals surface area contributed by atoms with E-state index in [1.54, 1.807) is 14.2 Å². The normalized spacial score (nSPS) is 27.3. The molecule has 0 aromatic heterocycles. The lowest BCUT2D eigenvalue weighted by atomic mass is 9.72. The summed E-state index contributed by atoms with van der Waals surface area (Å²) in [6.45, 7) is 14.1. The van der Waals surface area contributed by atoms with Gasteiger partial charge in [-0.3, -0.25) is 4.90 Å². The zero-order valence-corrected chi connectivity index (χ0v) is 31.6. The molecule has 3 aromatic carbocycles. The fraction of sp³-hybridized carbons (Fsp3) is 0.581. The van der Waals surface area contributed by atoms with Crippen LogP contribution in [-0.2, 0) is 6.54 Å². The lowest BCUT2D eigenvalue weighted by Crippen LogP contribution is -2.37. The Kier molecular flexibility index (Phi) is 11.9. The third-order valence-corrected chi connectivity index (χ3v) is 12.1. The third-order valence-electron chi connectivity index (χ3n) is 12.1. The lowest BCUT2D eigenvalue weighted by molar-refractivity contribution is 0.0474. The van der Waals surface area contributed by atoms with Crippen molar-refractivity contribution in [1.29, 1.82) is 0 Å². The molecule has 2 aliphatic carbocycles. The first-order chi connectivity index (χ1) is 24.5. The Labute approximate surface area is 305 Å². The molecule has 2 aliphatic heterocycles. The summed E-state index contributed by atoms with van der Waals surface area (Å²) in [4.78, 5) is 2.46. The van der Waals surface area contributed by atoms with Crippen LogP contribution < -0.4 is 24.3 Å². The van der Waals surface area contributed by atoms with Crippen LogP contribution in [0, 0.1) is 22.7 Å². The average molecular weight is 701 g/mol. The Morgan fingerprint density at radius 1 is 0.725 bits per heavy atom. The van der Waals surface area contributed by atoms with Crippen LogP contribution in [-0.4, -0.2) is 80.9 Å². The standard InChI is InChI=1S/C25H33NO3.C18H27NO3/c1-18(27)25(2)17-26(14-19-7-5-4-6-8-19)15-22(25)21-11-12-23(28-3)24(13-21)29-16-20-9-10-20;1-12(20)18(2)11-19-9-15(18)14-6-7-16(21-3)17(8-14)22-10-13-4-5-13/h4-8,11-13,18,20,22,27H,9-10,14-17H2,1-3H3;6-8,12-13,15,19-20H,4-5,9-11H2,1-3H3/t18?,22-,25-;12-,15+,18+/m01/s1. The van der Waals surface area contributed by atoms with Crippen molar-refractivity contribution in [3.63, 3.8) is 0 Å². The summed E-state index contributed by atoms with van der Waals surface area (Å²) < 4.78 is 23.0. The Hall–Kier alpha value is -3.30. The second-order valence-corrected chi connectivity index (χ2v) is 16.1. The minimum atomic E-state index is -0.397. The monoisotopic (exact) mass is 700 g/mol. The van der Waals surface area contributed by atoms with Crippen LogP contribution in [0.4, 0.5) is 0 Å². The van der Waals surface area contributed by atoms with E-state index >= 15 is 0 Å². The van der Waals surface area contributed by atoms with Gasteiger partial charge in [-0.05, 0) is 92.3 Å². The van der Waals surface area contributed by atoms with E-state index in [0.29, 0.717) is 11.8 Å². The zero-order chi connectivity index (χ0) is 36.2. The topological polar surface area (TPSA) is 92.7 Å². The van der Waals surface area contributed by atoms with Crippen LogP contribution in [0.25, 0.3) is 0 Å². The molecule has 2 saturated carbocycles. The Bertz CT molecular complexity index is 1570. The van der Waals surface area contributed by atoms with Crippen molar-refractivity contribution >= 4 is 0 Å². The van der Waals surface area contributed by atoms with Crippen LogP contribution in [0.3, 0.4) is 0 Å². The highest BCUT2D eigenvalue weighted by Gasteiger charge is 2.47. The molecule has 0 bridgehead atoms. The minimum absolute atomic E-state index is 0.150. The van der Waals surface area contributed by atoms with Crippen LogP contribution in [0.1, 0.15) is 81.9 Å². The summed E-state index contributed by atoms with van der Waals surface area (Å²) in [5, 5.41) is 24.3. The van der Waals surface area contributed by atoms with Crippen LogP contribution in [0.2, 0.25) is 0 Å². The molecule has 0 spiro atoms. The highest BCUT2D eigenvalue weighted by atomic mass is 16.5. The van der Waals surface area contributed by atoms with E-state index < -0.39 is 6.10 Å². The molecule has 7 rings (SSSR count). The molecule has 278 valence electrons. The van der Waals surface area contributed by atoms with Gasteiger partial charge in [0.05, 0.1) is 39.6 Å². The fourth-order valence-corrected chi connectivity index (χ4v) is 7.80. The van der Waals surface area contributed by atoms with E-state index in [9.17, 15) is 10.2 Å². The molecule has 3 N–H and O–H groups in total. The molecule has 0 amide bonds. The maximum Gasteiger partial charge on any atom is 0.161 e. The summed E-state index contributed by atoms with van der Waals surface area (Å²) in [5.41, 5.74) is 3.37. The highest BCUT2D eigenvalue weighted by Crippen LogP contribution is 2.48. The number of aliphatic hydroxyl groups excluding tert-OH is 2. The number of ether oxygens (including phenoxy) is 4. The van der Waals surface area contributed by atoms with E-state index in [1.165, 1.54) is 42.4 Å². The van der Waals surface area contributed by atoms with Crippen LogP contribution in [0.5, 0.6) is 23.0 Å². The number of hydrogen-bond acceptors (Lipinski definition) is 8. The third kappa shape index (κ3) is 8.85. The van der Waals surface area contributed by atoms with Gasteiger partial charge in [0.25, 0.3) is 0 Å². The van der Waals surface area contributed by atoms with Gasteiger partial charge in [0.1, 0.15) is 0 Å². The van der Waals surface area contributed by atoms with Gasteiger partial charge in [-0.25, -0.2) is 0 Å². The number of methoxy groups -OCH3 is 2. The predicted octanol–water partition coefficient (Wildman–Crippen LogP) is 7.03. The van der Waals surface area contributed by atoms with Gasteiger partial charge in [0, 0.05) is 55.4 Å². The molecule has 6 atom stereocenters. The fourth-order valence-electron chi connectivity index (χ4n) is 7.80. The van der Waals surface area contributed by atoms with Crippen molar-refractivity contribution in [2.24, 2.45) is 22.7 Å². The maximum absolute atomic E-state index is 10.7. The molecule has 8 heteroatoms. The number of rotatable bonds is 14. The van der Waals surface area contributed by atoms with Gasteiger partial charge >= 0.3 is 0 Å². The molecule has 2 heterocycles. The van der Waals surface area contributed by atoms with Gasteiger partial charge in [0.15, 0.2) is 23.0 Å². The minimum Gasteiger partial charge on any atom is -0.493 e. The van der Waals surface area contributed by atoms with Crippen LogP contribution in [0.15, 0.2) is 66.7 Å². The summed E-state index contributed by atoms with van der Waals surface area (Å²) >= 11 is 0. The van der Waals surface area contributed by atoms with Crippen molar-refractivity contribution in [3.05, 3.63) is 83.4 Å². The number of nitrogens with one attached hydrogen (secondary N) is 1. The zero-order valence-electron chi connectivity index (χ0n) is 31.6. The average Bonchev–Trinajstić information content (AvgIpc) is 4.07. The molecule has 8 nitrogen and oxygen atoms in total. The van der Waals surface area contributed by atoms with Gasteiger partial charge in [-0.1, -0.05) is 56.3 Å². The number of benzene rings is 3. The van der Waals surface area contributed by atoms with E-state index in [4.69, 9.17) is 18.9 Å². The molecule has 0 radical (unpaired) electrons. The first-order valence-electron chi connectivity index (χ1n) is 19.0. The number of hydrogen-bond donors (Lipinski definition) is 3. The summed E-state index contributed by atoms with van der Waals surface area (Å²) in [6.07, 6.45) is 4.32. The SMILES string of the molecule is COc1ccc([C@@H]2CN(Cc3ccccc3)C[C@@]2(C)C(C)O)cc1OCC1CC1.COc1ccc([C@@H]2CNC[C@@]2(C)[C@@H](C)O)cc1OCC1CC1. The Morgan fingerprint density at radius 2 is 1.25 bits per heavy atom. The van der Waals surface area contributed by atoms with Crippen molar-refractivity contribution in [2.75, 3.05) is 53.6 Å². The second kappa shape index (κ2) is 16.2. The largest absolute Gasteiger partial charge is 0.493 e. The van der Waals surface area contributed by atoms with E-state index in [2.05, 4.69) is 78.7 Å². The molecule has 4 aliphatic rings. The van der Waals surface area contributed by atoms with Gasteiger partial charge in [-0.2, -0.15) is 0 Å². The summed E-state index contributed by atoms with van der Waals surface area (Å²) in [6, 6.07) is 23.0. The van der Waals surface area contributed by atoms with E-state index in [-0.39, 0.29) is 28.8 Å². The predicted molar refractivity (Wildman–Crippen MR) is 202 cm³/mol. The van der Waals surface area contributed by atoms with Crippen LogP contribution >= 0.6 is 0 Å². The first kappa shape index (κ1) is 37.5. The Balaban J connectivity index is 0.000000183. The highest BCUT2D eigenvalue weighted by molar-refractivity contribution is 5.46. The maximum atomic E-state index is 10.7. The summed E-state index contributed by atoms with van der Waals surface area (Å²) in [7, 11) is 3.37. The van der Waals surface area contributed by atoms with Gasteiger partial charge < -0.3 is 34.5 Å². The lowest BCUT2D eigenvalue weighted by Gasteiger charge is -2.34. The van der Waals surface area contributed by atoms with Crippen molar-refractivity contribution in [2.45, 2.75) is 84.0 Å². The molecular weight excluding hydrogens is 640 g/mol. The molecular formula is C43H60N2O6. The van der Waals surface area contributed by atoms with Gasteiger partial charge in [-0.15, -0.1) is 0 Å². The Morgan fingerprint density at radius 3 is 1.75 bits per heavy atom. The quantitative estimate of drug-likeness (QED) is 0.165. The molecule has 3 aromatic rings. The number of likely N-dealkylation sites (tertiary alicyclic amines) is 1. The van der Waals surface area contributed by atoms with Crippen molar-refractivity contribution < 1.29 is 29.2 Å². The number of aliphatic hydroxyl groups is 2. The van der Waals surface area contributed by atoms with E-state index in [0.717, 1.165) is 68.9 Å². The molecule has 2 saturated heterocycles. The first-order valence-corrected chi connectivity index (χ1v) is 19.0. The molecule has 51 heavy (non-hydrogen) atoms. The summed E-state index contributed by atoms with van der Waals surface area (Å²) in [5.74, 6) is 5.14. The number of nitrogens with zero attached hydrogens (tertiary/aromatic N) is 1. The second-order valence-electron chi connectivity index (χ2n) is 16.1. The van der Waals surface area contributed by atoms with E-state index in [1.807, 2.05) is 26.0 Å². The van der Waals surface area contributed by atoms with Crippen molar-refractivity contribution in [3.8, 4) is 23.0 Å². The molecule has 4 fully saturated rings. The molecule has 1 unspecified atom stereocenters. The smallest absolute Gasteiger partial charge is 0.161 e. The van der Waals surface area contributed by atoms with Gasteiger partial charge in [0.2, 0.25) is 0 Å².